The molecule has 1 aliphatic rings. The zero-order chi connectivity index (χ0) is 22.5. The van der Waals surface area contributed by atoms with Gasteiger partial charge in [0.1, 0.15) is 12.1 Å². The molecule has 0 aliphatic carbocycles. The average Bonchev–Trinajstić information content (AvgIpc) is 2.93. The van der Waals surface area contributed by atoms with Crippen LogP contribution in [0.4, 0.5) is 4.79 Å². The van der Waals surface area contributed by atoms with Crippen LogP contribution in [-0.4, -0.2) is 66.6 Å². The zero-order valence-corrected chi connectivity index (χ0v) is 17.1. The number of carboxylic acids is 1. The summed E-state index contributed by atoms with van der Waals surface area (Å²) in [6.07, 6.45) is 0.547. The molecule has 14 heteroatoms. The number of carbonyl (C=O) groups is 3. The largest absolute Gasteiger partial charge is 0.481 e. The van der Waals surface area contributed by atoms with Crippen molar-refractivity contribution in [2.24, 2.45) is 11.0 Å². The zero-order valence-electron chi connectivity index (χ0n) is 16.3. The van der Waals surface area contributed by atoms with Crippen LogP contribution < -0.4 is 10.0 Å². The average molecular weight is 432 g/mol. The number of carbonyl (C=O) groups excluding carboxylic acids is 2. The third-order valence-corrected chi connectivity index (χ3v) is 5.38. The molecule has 1 saturated heterocycles. The number of nitrogens with zero attached hydrogens (tertiary/aromatic N) is 4. The molecule has 13 nitrogen and oxygen atoms in total. The third-order valence-electron chi connectivity index (χ3n) is 3.94. The number of hydrogen-bond donors (Lipinski definition) is 3. The van der Waals surface area contributed by atoms with Crippen molar-refractivity contribution >= 4 is 28.2 Å². The number of nitrogens with one attached hydrogen (secondary N) is 2. The van der Waals surface area contributed by atoms with Crippen LogP contribution in [0.15, 0.2) is 17.8 Å². The molecule has 0 saturated carbocycles. The van der Waals surface area contributed by atoms with Gasteiger partial charge in [-0.05, 0) is 38.6 Å². The second-order valence-electron chi connectivity index (χ2n) is 7.32. The molecule has 0 aromatic carbocycles. The molecular formula is C15H24N6O7S. The Labute approximate surface area is 167 Å². The highest BCUT2D eigenvalue weighted by Gasteiger charge is 2.54. The minimum atomic E-state index is -4.46. The van der Waals surface area contributed by atoms with Gasteiger partial charge in [0.2, 0.25) is 0 Å². The van der Waals surface area contributed by atoms with Crippen LogP contribution >= 0.6 is 0 Å². The quantitative estimate of drug-likeness (QED) is 0.215. The number of azide groups is 1. The standard InChI is InChI=1S/C15H24N6O7S/c1-5-6-10-8-21(9-15(10,12(23)24)19-20-16)29(26,27)18-11(22)7-17-13(25)28-14(2,3)4/h5,10H,1,6-9H2,2-4H3,(H,17,25)(H,18,22)(H,23,24)/t10-,15-/m0/s1. The number of ether oxygens (including phenoxy) is 1. The number of alkyl carbamates (subject to hydrolysis) is 1. The minimum absolute atomic E-state index is 0.0749. The first-order valence-electron chi connectivity index (χ1n) is 8.45. The molecule has 2 atom stereocenters. The molecule has 2 amide bonds. The molecule has 1 heterocycles. The number of hydrogen-bond acceptors (Lipinski definition) is 7. The van der Waals surface area contributed by atoms with Gasteiger partial charge in [0, 0.05) is 18.0 Å². The minimum Gasteiger partial charge on any atom is -0.481 e. The Morgan fingerprint density at radius 2 is 2.07 bits per heavy atom. The summed E-state index contributed by atoms with van der Waals surface area (Å²) in [5.41, 5.74) is 5.91. The molecule has 0 bridgehead atoms. The first-order chi connectivity index (χ1) is 13.3. The predicted molar refractivity (Wildman–Crippen MR) is 101 cm³/mol. The van der Waals surface area contributed by atoms with E-state index in [-0.39, 0.29) is 13.0 Å². The molecule has 1 fully saturated rings. The van der Waals surface area contributed by atoms with E-state index in [1.165, 1.54) is 6.08 Å². The number of aliphatic carboxylic acids is 1. The topological polar surface area (TPSA) is 191 Å². The van der Waals surface area contributed by atoms with Crippen molar-refractivity contribution in [3.05, 3.63) is 23.1 Å². The summed E-state index contributed by atoms with van der Waals surface area (Å²) in [7, 11) is -4.46. The molecule has 0 radical (unpaired) electrons. The van der Waals surface area contributed by atoms with E-state index in [2.05, 4.69) is 21.9 Å². The third kappa shape index (κ3) is 6.34. The highest BCUT2D eigenvalue weighted by atomic mass is 32.2. The number of carboxylic acid groups (broad SMARTS) is 1. The second-order valence-corrected chi connectivity index (χ2v) is 8.99. The fourth-order valence-corrected chi connectivity index (χ4v) is 3.93. The van der Waals surface area contributed by atoms with Crippen molar-refractivity contribution in [2.75, 3.05) is 19.6 Å². The van der Waals surface area contributed by atoms with Gasteiger partial charge in [-0.2, -0.15) is 12.7 Å². The van der Waals surface area contributed by atoms with Crippen molar-refractivity contribution in [3.63, 3.8) is 0 Å². The van der Waals surface area contributed by atoms with Gasteiger partial charge in [-0.3, -0.25) is 9.59 Å². The van der Waals surface area contributed by atoms with Crippen LogP contribution in [0.3, 0.4) is 0 Å². The molecule has 0 aromatic rings. The fraction of sp³-hybridized carbons (Fsp3) is 0.667. The highest BCUT2D eigenvalue weighted by Crippen LogP contribution is 2.36. The van der Waals surface area contributed by atoms with Crippen molar-refractivity contribution in [1.29, 1.82) is 0 Å². The lowest BCUT2D eigenvalue weighted by Gasteiger charge is -2.23. The molecule has 0 aromatic heterocycles. The van der Waals surface area contributed by atoms with Crippen LogP contribution in [-0.2, 0) is 24.5 Å². The Balaban J connectivity index is 2.88. The van der Waals surface area contributed by atoms with Gasteiger partial charge in [-0.15, -0.1) is 6.58 Å². The normalized spacial score (nSPS) is 22.2. The Morgan fingerprint density at radius 3 is 2.55 bits per heavy atom. The molecule has 0 unspecified atom stereocenters. The Bertz CT molecular complexity index is 827. The first-order valence-corrected chi connectivity index (χ1v) is 9.89. The Hall–Kier alpha value is -2.83. The lowest BCUT2D eigenvalue weighted by Crippen LogP contribution is -2.49. The van der Waals surface area contributed by atoms with Gasteiger partial charge in [0.15, 0.2) is 5.54 Å². The molecule has 3 N–H and O–H groups in total. The summed E-state index contributed by atoms with van der Waals surface area (Å²) >= 11 is 0. The van der Waals surface area contributed by atoms with E-state index in [1.807, 2.05) is 0 Å². The molecule has 1 aliphatic heterocycles. The SMILES string of the molecule is C=CC[C@H]1CN(S(=O)(=O)NC(=O)CNC(=O)OC(C)(C)C)C[C@@]1(N=[N+]=[N-])C(=O)O. The number of amides is 2. The van der Waals surface area contributed by atoms with Crippen molar-refractivity contribution in [3.8, 4) is 0 Å². The van der Waals surface area contributed by atoms with Crippen molar-refractivity contribution < 1.29 is 32.6 Å². The summed E-state index contributed by atoms with van der Waals surface area (Å²) < 4.78 is 32.3. The maximum Gasteiger partial charge on any atom is 0.408 e. The van der Waals surface area contributed by atoms with Crippen LogP contribution in [0.2, 0.25) is 0 Å². The summed E-state index contributed by atoms with van der Waals surface area (Å²) in [5, 5.41) is 15.0. The van der Waals surface area contributed by atoms with Crippen LogP contribution in [0.25, 0.3) is 10.4 Å². The van der Waals surface area contributed by atoms with Gasteiger partial charge in [0.25, 0.3) is 5.91 Å². The molecule has 29 heavy (non-hydrogen) atoms. The molecule has 0 spiro atoms. The first kappa shape index (κ1) is 24.2. The van der Waals surface area contributed by atoms with E-state index < -0.39 is 58.3 Å². The van der Waals surface area contributed by atoms with E-state index in [9.17, 15) is 27.9 Å². The van der Waals surface area contributed by atoms with Crippen LogP contribution in [0.5, 0.6) is 0 Å². The maximum absolute atomic E-state index is 12.5. The number of rotatable bonds is 8. The van der Waals surface area contributed by atoms with Gasteiger partial charge in [-0.25, -0.2) is 9.52 Å². The van der Waals surface area contributed by atoms with E-state index >= 15 is 0 Å². The monoisotopic (exact) mass is 432 g/mol. The van der Waals surface area contributed by atoms with Gasteiger partial charge >= 0.3 is 22.3 Å². The van der Waals surface area contributed by atoms with E-state index in [1.54, 1.807) is 25.5 Å². The van der Waals surface area contributed by atoms with Gasteiger partial charge < -0.3 is 15.2 Å². The van der Waals surface area contributed by atoms with Crippen LogP contribution in [0.1, 0.15) is 27.2 Å². The lowest BCUT2D eigenvalue weighted by atomic mass is 9.85. The second kappa shape index (κ2) is 9.11. The molecular weight excluding hydrogens is 408 g/mol. The summed E-state index contributed by atoms with van der Waals surface area (Å²) in [4.78, 5) is 37.7. The smallest absolute Gasteiger partial charge is 0.408 e. The van der Waals surface area contributed by atoms with E-state index in [0.29, 0.717) is 4.31 Å². The predicted octanol–water partition coefficient (Wildman–Crippen LogP) is 0.514. The maximum atomic E-state index is 12.5. The molecule has 162 valence electrons. The van der Waals surface area contributed by atoms with E-state index in [4.69, 9.17) is 10.3 Å². The van der Waals surface area contributed by atoms with Gasteiger partial charge in [-0.1, -0.05) is 11.2 Å². The highest BCUT2D eigenvalue weighted by molar-refractivity contribution is 7.87. The summed E-state index contributed by atoms with van der Waals surface area (Å²) in [6.45, 7) is 6.69. The van der Waals surface area contributed by atoms with Gasteiger partial charge in [0.05, 0.1) is 0 Å². The molecule has 1 rings (SSSR count). The summed E-state index contributed by atoms with van der Waals surface area (Å²) in [5.74, 6) is -3.43. The van der Waals surface area contributed by atoms with Crippen molar-refractivity contribution in [1.82, 2.24) is 14.3 Å². The fourth-order valence-electron chi connectivity index (χ4n) is 2.70. The van der Waals surface area contributed by atoms with Crippen molar-refractivity contribution in [2.45, 2.75) is 38.3 Å². The van der Waals surface area contributed by atoms with Crippen LogP contribution in [0, 0.1) is 5.92 Å². The summed E-state index contributed by atoms with van der Waals surface area (Å²) in [6, 6.07) is 0. The Kier molecular flexibility index (Phi) is 7.61. The van der Waals surface area contributed by atoms with E-state index in [0.717, 1.165) is 0 Å². The number of allylic oxidation sites excluding steroid dienone is 1. The lowest BCUT2D eigenvalue weighted by molar-refractivity contribution is -0.144. The Morgan fingerprint density at radius 1 is 1.45 bits per heavy atom.